The molecule has 350 valence electrons. The van der Waals surface area contributed by atoms with E-state index in [0.29, 0.717) is 55.6 Å². The molecule has 2 aromatic heterocycles. The van der Waals surface area contributed by atoms with E-state index in [1.165, 1.54) is 41.1 Å². The molecule has 2 aliphatic heterocycles. The summed E-state index contributed by atoms with van der Waals surface area (Å²) in [5, 5.41) is 16.9. The number of anilines is 2. The fraction of sp³-hybridized carbons (Fsp3) is 0.404. The number of rotatable bonds is 14. The molecule has 0 saturated carbocycles. The van der Waals surface area contributed by atoms with E-state index < -0.39 is 41.2 Å². The van der Waals surface area contributed by atoms with E-state index in [0.717, 1.165) is 61.1 Å². The SMILES string of the molecule is CN=S1(=O)CCN(CC(C)Nc2ccc(S(=O)(=O)NC(=O)c3ccc(N4CCN(CC5=C(c6ccc(Cl)cc6)CC(C)(C)CC5)CC4)cc3Oc3cnc4[nH]ccc4c3)cc2[N+](=O)[O-])CC1. The fourth-order valence-corrected chi connectivity index (χ4v) is 11.8. The molecule has 3 N–H and O–H groups in total. The number of halogens is 1. The number of H-pyrrole nitrogens is 1. The number of aromatic amines is 1. The minimum atomic E-state index is -4.61. The second-order valence-electron chi connectivity index (χ2n) is 18.1. The van der Waals surface area contributed by atoms with Gasteiger partial charge in [-0.05, 0) is 91.3 Å². The summed E-state index contributed by atoms with van der Waals surface area (Å²) in [4.78, 5) is 39.4. The van der Waals surface area contributed by atoms with Crippen molar-refractivity contribution >= 4 is 70.9 Å². The van der Waals surface area contributed by atoms with Crippen molar-refractivity contribution in [3.8, 4) is 11.5 Å². The molecule has 1 amide bonds. The molecule has 1 unspecified atom stereocenters. The average Bonchev–Trinajstić information content (AvgIpc) is 3.76. The van der Waals surface area contributed by atoms with Crippen molar-refractivity contribution in [3.63, 3.8) is 0 Å². The Bertz CT molecular complexity index is 2890. The summed E-state index contributed by atoms with van der Waals surface area (Å²) in [6.07, 6.45) is 6.44. The van der Waals surface area contributed by atoms with Gasteiger partial charge < -0.3 is 19.9 Å². The normalized spacial score (nSPS) is 18.5. The van der Waals surface area contributed by atoms with Gasteiger partial charge in [-0.1, -0.05) is 43.2 Å². The lowest BCUT2D eigenvalue weighted by atomic mass is 9.72. The number of benzene rings is 3. The maximum Gasteiger partial charge on any atom is 0.293 e. The van der Waals surface area contributed by atoms with E-state index in [1.54, 1.807) is 31.4 Å². The maximum absolute atomic E-state index is 14.0. The number of sulfonamides is 1. The molecule has 4 heterocycles. The number of amides is 1. The van der Waals surface area contributed by atoms with E-state index in [-0.39, 0.29) is 28.5 Å². The number of fused-ring (bicyclic) bond motifs is 1. The average molecular weight is 959 g/mol. The zero-order chi connectivity index (χ0) is 46.8. The number of piperazine rings is 1. The Morgan fingerprint density at radius 3 is 2.47 bits per heavy atom. The minimum Gasteiger partial charge on any atom is -0.455 e. The van der Waals surface area contributed by atoms with Gasteiger partial charge >= 0.3 is 0 Å². The number of pyridine rings is 1. The van der Waals surface area contributed by atoms with Gasteiger partial charge in [-0.3, -0.25) is 24.7 Å². The largest absolute Gasteiger partial charge is 0.455 e. The number of carbonyl (C=O) groups excluding carboxylic acids is 1. The first kappa shape index (κ1) is 47.0. The van der Waals surface area contributed by atoms with Crippen molar-refractivity contribution in [2.75, 3.05) is 81.1 Å². The Balaban J connectivity index is 0.985. The summed E-state index contributed by atoms with van der Waals surface area (Å²) in [5.74, 6) is 0.385. The molecule has 0 spiro atoms. The summed E-state index contributed by atoms with van der Waals surface area (Å²) in [7, 11) is -5.23. The van der Waals surface area contributed by atoms with Gasteiger partial charge in [0.2, 0.25) is 0 Å². The van der Waals surface area contributed by atoms with E-state index in [2.05, 4.69) is 65.0 Å². The Hall–Kier alpha value is -5.53. The van der Waals surface area contributed by atoms with Gasteiger partial charge in [-0.15, -0.1) is 0 Å². The highest BCUT2D eigenvalue weighted by Gasteiger charge is 2.31. The highest BCUT2D eigenvalue weighted by Crippen LogP contribution is 2.43. The first-order valence-electron chi connectivity index (χ1n) is 22.1. The molecule has 3 aliphatic rings. The van der Waals surface area contributed by atoms with Crippen LogP contribution in [0.15, 0.2) is 100 Å². The van der Waals surface area contributed by atoms with Crippen LogP contribution in [0.2, 0.25) is 5.02 Å². The zero-order valence-corrected chi connectivity index (χ0v) is 40.0. The molecule has 19 heteroatoms. The van der Waals surface area contributed by atoms with Gasteiger partial charge in [-0.2, -0.15) is 0 Å². The predicted molar refractivity (Wildman–Crippen MR) is 261 cm³/mol. The van der Waals surface area contributed by atoms with Crippen molar-refractivity contribution in [1.29, 1.82) is 0 Å². The Morgan fingerprint density at radius 2 is 1.76 bits per heavy atom. The third kappa shape index (κ3) is 11.0. The lowest BCUT2D eigenvalue weighted by molar-refractivity contribution is -0.384. The number of nitro benzene ring substituents is 1. The number of ether oxygens (including phenoxy) is 1. The van der Waals surface area contributed by atoms with Gasteiger partial charge in [0.1, 0.15) is 22.8 Å². The third-order valence-corrected chi connectivity index (χ3v) is 16.7. The first-order chi connectivity index (χ1) is 31.5. The smallest absolute Gasteiger partial charge is 0.293 e. The van der Waals surface area contributed by atoms with Crippen LogP contribution in [0.25, 0.3) is 16.6 Å². The van der Waals surface area contributed by atoms with Crippen LogP contribution in [0.4, 0.5) is 17.1 Å². The molecule has 2 saturated heterocycles. The molecular weight excluding hydrogens is 902 g/mol. The fourth-order valence-electron chi connectivity index (χ4n) is 8.99. The second kappa shape index (κ2) is 19.4. The summed E-state index contributed by atoms with van der Waals surface area (Å²) in [5.41, 5.74) is 5.35. The molecule has 0 radical (unpaired) electrons. The van der Waals surface area contributed by atoms with Crippen LogP contribution >= 0.6 is 11.6 Å². The van der Waals surface area contributed by atoms with Gasteiger partial charge in [0.25, 0.3) is 21.6 Å². The summed E-state index contributed by atoms with van der Waals surface area (Å²) in [6, 6.07) is 20.0. The number of hydrogen-bond donors (Lipinski definition) is 3. The van der Waals surface area contributed by atoms with Crippen LogP contribution in [-0.4, -0.2) is 120 Å². The number of nitrogens with zero attached hydrogens (tertiary/aromatic N) is 6. The zero-order valence-electron chi connectivity index (χ0n) is 37.6. The van der Waals surface area contributed by atoms with E-state index >= 15 is 0 Å². The molecule has 2 fully saturated rings. The summed E-state index contributed by atoms with van der Waals surface area (Å²) >= 11 is 6.25. The molecule has 1 atom stereocenters. The van der Waals surface area contributed by atoms with Crippen molar-refractivity contribution in [3.05, 3.63) is 117 Å². The topological polar surface area (TPSA) is 195 Å². The molecule has 3 aromatic carbocycles. The lowest BCUT2D eigenvalue weighted by Crippen LogP contribution is -2.47. The number of aromatic nitrogens is 2. The van der Waals surface area contributed by atoms with Crippen LogP contribution < -0.4 is 19.7 Å². The Labute approximate surface area is 391 Å². The number of allylic oxidation sites excluding steroid dienone is 1. The maximum atomic E-state index is 14.0. The number of hydrogen-bond acceptors (Lipinski definition) is 13. The van der Waals surface area contributed by atoms with Crippen LogP contribution in [0, 0.1) is 15.5 Å². The molecule has 1 aliphatic carbocycles. The molecule has 8 rings (SSSR count). The summed E-state index contributed by atoms with van der Waals surface area (Å²) in [6.45, 7) is 12.1. The van der Waals surface area contributed by atoms with Gasteiger partial charge in [0, 0.05) is 121 Å². The molecule has 16 nitrogen and oxygen atoms in total. The van der Waals surface area contributed by atoms with Gasteiger partial charge in [0.05, 0.1) is 21.6 Å². The summed E-state index contributed by atoms with van der Waals surface area (Å²) < 4.78 is 52.7. The van der Waals surface area contributed by atoms with Crippen molar-refractivity contribution in [2.45, 2.75) is 51.0 Å². The van der Waals surface area contributed by atoms with Crippen LogP contribution in [0.5, 0.6) is 11.5 Å². The van der Waals surface area contributed by atoms with Crippen molar-refractivity contribution < 1.29 is 27.1 Å². The minimum absolute atomic E-state index is 0.0558. The quantitative estimate of drug-likeness (QED) is 0.0717. The monoisotopic (exact) mass is 957 g/mol. The van der Waals surface area contributed by atoms with Crippen molar-refractivity contribution in [1.82, 2.24) is 24.5 Å². The standard InChI is InChI=1S/C47H56ClN9O7S2/c1-32(30-55-21-23-65(61,49-4)24-22-55)52-42-12-10-39(27-43(42)57(59)60)66(62,63)53-46(58)40-11-9-37(26-44(40)64-38-25-34-14-16-50-45(34)51-29-38)56-19-17-54(18-20-56)31-35-13-15-47(2,3)28-41(35)33-5-7-36(48)8-6-33/h5-12,14,16,25-27,29,32,52H,13,15,17-24,28,30-31H2,1-4H3,(H,50,51)(H,53,58). The number of nitrogens with one attached hydrogen (secondary N) is 3. The van der Waals surface area contributed by atoms with E-state index in [4.69, 9.17) is 16.3 Å². The van der Waals surface area contributed by atoms with Crippen LogP contribution in [-0.2, 0) is 19.8 Å². The molecule has 0 bridgehead atoms. The lowest BCUT2D eigenvalue weighted by Gasteiger charge is -2.39. The molecular formula is C47H56ClN9O7S2. The molecule has 5 aromatic rings. The van der Waals surface area contributed by atoms with Gasteiger partial charge in [-0.25, -0.2) is 26.7 Å². The third-order valence-electron chi connectivity index (χ3n) is 12.8. The van der Waals surface area contributed by atoms with Crippen LogP contribution in [0.1, 0.15) is 56.0 Å². The Kier molecular flexibility index (Phi) is 13.8. The number of nitro groups is 1. The van der Waals surface area contributed by atoms with E-state index in [9.17, 15) is 27.5 Å². The predicted octanol–water partition coefficient (Wildman–Crippen LogP) is 8.04. The second-order valence-corrected chi connectivity index (χ2v) is 23.0. The Morgan fingerprint density at radius 1 is 1.02 bits per heavy atom. The van der Waals surface area contributed by atoms with Crippen LogP contribution in [0.3, 0.4) is 0 Å². The molecule has 66 heavy (non-hydrogen) atoms. The first-order valence-corrected chi connectivity index (χ1v) is 25.8. The highest BCUT2D eigenvalue weighted by molar-refractivity contribution is 7.93. The van der Waals surface area contributed by atoms with Gasteiger partial charge in [0.15, 0.2) is 0 Å². The van der Waals surface area contributed by atoms with E-state index in [1.807, 2.05) is 25.1 Å². The number of carbonyl (C=O) groups is 1. The van der Waals surface area contributed by atoms with Crippen molar-refractivity contribution in [2.24, 2.45) is 9.78 Å². The highest BCUT2D eigenvalue weighted by atomic mass is 35.5.